The number of methoxy groups -OCH3 is 1. The molecule has 0 radical (unpaired) electrons. The lowest BCUT2D eigenvalue weighted by molar-refractivity contribution is -0.151. The summed E-state index contributed by atoms with van der Waals surface area (Å²) in [5.74, 6) is 1.42. The lowest BCUT2D eigenvalue weighted by atomic mass is 9.57. The first-order valence-electron chi connectivity index (χ1n) is 7.23. The van der Waals surface area contributed by atoms with E-state index < -0.39 is 5.60 Å². The lowest BCUT2D eigenvalue weighted by Crippen LogP contribution is -2.51. The Hall–Kier alpha value is -1.02. The van der Waals surface area contributed by atoms with Crippen LogP contribution >= 0.6 is 0 Å². The standard InChI is InChI=1S/C17H24O2/c1-15(2)12-9-10-16(3,11-12)17(15,18)13-7-5-6-8-14(13)19-4/h5-8,12,18H,9-11H2,1-4H3/t12-,16+,17-/m0/s1. The molecule has 0 spiro atoms. The van der Waals surface area contributed by atoms with Crippen molar-refractivity contribution in [3.63, 3.8) is 0 Å². The number of para-hydroxylation sites is 1. The van der Waals surface area contributed by atoms with E-state index in [0.29, 0.717) is 5.92 Å². The first-order valence-corrected chi connectivity index (χ1v) is 7.23. The number of hydrogen-bond donors (Lipinski definition) is 1. The van der Waals surface area contributed by atoms with Crippen LogP contribution in [0.25, 0.3) is 0 Å². The fourth-order valence-corrected chi connectivity index (χ4v) is 4.87. The Balaban J connectivity index is 2.22. The molecule has 0 saturated heterocycles. The second-order valence-electron chi connectivity index (χ2n) is 7.13. The second-order valence-corrected chi connectivity index (χ2v) is 7.13. The highest BCUT2D eigenvalue weighted by molar-refractivity contribution is 5.43. The summed E-state index contributed by atoms with van der Waals surface area (Å²) in [5.41, 5.74) is 0.0344. The fourth-order valence-electron chi connectivity index (χ4n) is 4.87. The minimum absolute atomic E-state index is 0.0319. The summed E-state index contributed by atoms with van der Waals surface area (Å²) in [5, 5.41) is 11.7. The van der Waals surface area contributed by atoms with Crippen LogP contribution in [0.1, 0.15) is 45.6 Å². The molecule has 0 aliphatic heterocycles. The zero-order valence-electron chi connectivity index (χ0n) is 12.4. The van der Waals surface area contributed by atoms with E-state index in [1.165, 1.54) is 6.42 Å². The van der Waals surface area contributed by atoms with E-state index in [1.807, 2.05) is 24.3 Å². The molecule has 1 aromatic rings. The van der Waals surface area contributed by atoms with Crippen LogP contribution in [0.5, 0.6) is 5.75 Å². The van der Waals surface area contributed by atoms with Crippen molar-refractivity contribution in [3.8, 4) is 5.75 Å². The van der Waals surface area contributed by atoms with Crippen LogP contribution in [-0.4, -0.2) is 12.2 Å². The Kier molecular flexibility index (Phi) is 2.57. The van der Waals surface area contributed by atoms with E-state index in [2.05, 4.69) is 20.8 Å². The third-order valence-corrected chi connectivity index (χ3v) is 6.06. The van der Waals surface area contributed by atoms with Crippen molar-refractivity contribution in [1.29, 1.82) is 0 Å². The maximum atomic E-state index is 11.7. The molecule has 0 unspecified atom stereocenters. The number of aliphatic hydroxyl groups is 1. The van der Waals surface area contributed by atoms with Crippen molar-refractivity contribution >= 4 is 0 Å². The van der Waals surface area contributed by atoms with E-state index in [9.17, 15) is 5.11 Å². The Bertz CT molecular complexity index is 501. The smallest absolute Gasteiger partial charge is 0.124 e. The number of hydrogen-bond acceptors (Lipinski definition) is 2. The molecule has 2 heteroatoms. The van der Waals surface area contributed by atoms with Crippen LogP contribution in [0.2, 0.25) is 0 Å². The third-order valence-electron chi connectivity index (χ3n) is 6.06. The van der Waals surface area contributed by atoms with E-state index in [0.717, 1.165) is 24.2 Å². The van der Waals surface area contributed by atoms with E-state index in [1.54, 1.807) is 7.11 Å². The molecule has 1 aromatic carbocycles. The van der Waals surface area contributed by atoms with Crippen LogP contribution in [0.15, 0.2) is 24.3 Å². The molecule has 0 amide bonds. The minimum Gasteiger partial charge on any atom is -0.496 e. The first kappa shape index (κ1) is 13.0. The van der Waals surface area contributed by atoms with Gasteiger partial charge in [0.2, 0.25) is 0 Å². The predicted octanol–water partition coefficient (Wildman–Crippen LogP) is 3.73. The molecule has 0 aromatic heterocycles. The van der Waals surface area contributed by atoms with Gasteiger partial charge in [0.15, 0.2) is 0 Å². The van der Waals surface area contributed by atoms with Gasteiger partial charge in [-0.25, -0.2) is 0 Å². The van der Waals surface area contributed by atoms with Crippen molar-refractivity contribution in [1.82, 2.24) is 0 Å². The summed E-state index contributed by atoms with van der Waals surface area (Å²) in [4.78, 5) is 0. The van der Waals surface area contributed by atoms with Crippen molar-refractivity contribution in [2.75, 3.05) is 7.11 Å². The summed E-state index contributed by atoms with van der Waals surface area (Å²) in [6.07, 6.45) is 3.46. The monoisotopic (exact) mass is 260 g/mol. The van der Waals surface area contributed by atoms with Gasteiger partial charge in [0, 0.05) is 16.4 Å². The number of benzene rings is 1. The van der Waals surface area contributed by atoms with Crippen LogP contribution in [0, 0.1) is 16.7 Å². The van der Waals surface area contributed by atoms with E-state index in [4.69, 9.17) is 4.74 Å². The molecule has 2 aliphatic carbocycles. The molecular weight excluding hydrogens is 236 g/mol. The highest BCUT2D eigenvalue weighted by atomic mass is 16.5. The molecule has 3 atom stereocenters. The minimum atomic E-state index is -0.796. The van der Waals surface area contributed by atoms with Gasteiger partial charge in [0.25, 0.3) is 0 Å². The maximum absolute atomic E-state index is 11.7. The molecular formula is C17H24O2. The molecule has 0 heterocycles. The van der Waals surface area contributed by atoms with Gasteiger partial charge in [-0.1, -0.05) is 39.0 Å². The normalized spacial score (nSPS) is 39.5. The van der Waals surface area contributed by atoms with Gasteiger partial charge >= 0.3 is 0 Å². The lowest BCUT2D eigenvalue weighted by Gasteiger charge is -2.51. The van der Waals surface area contributed by atoms with Gasteiger partial charge in [-0.2, -0.15) is 0 Å². The highest BCUT2D eigenvalue weighted by Gasteiger charge is 2.69. The summed E-state index contributed by atoms with van der Waals surface area (Å²) < 4.78 is 5.51. The SMILES string of the molecule is COc1ccccc1[C@]1(O)C(C)(C)[C@H]2CC[C@]1(C)C2. The Morgan fingerprint density at radius 1 is 1.21 bits per heavy atom. The van der Waals surface area contributed by atoms with Gasteiger partial charge < -0.3 is 9.84 Å². The van der Waals surface area contributed by atoms with Crippen LogP contribution < -0.4 is 4.74 Å². The van der Waals surface area contributed by atoms with Crippen molar-refractivity contribution < 1.29 is 9.84 Å². The van der Waals surface area contributed by atoms with Gasteiger partial charge in [-0.3, -0.25) is 0 Å². The molecule has 2 bridgehead atoms. The summed E-state index contributed by atoms with van der Waals surface area (Å²) in [6, 6.07) is 7.96. The topological polar surface area (TPSA) is 29.5 Å². The average Bonchev–Trinajstić information content (AvgIpc) is 2.86. The largest absolute Gasteiger partial charge is 0.496 e. The second kappa shape index (κ2) is 3.76. The molecule has 2 fully saturated rings. The number of fused-ring (bicyclic) bond motifs is 2. The van der Waals surface area contributed by atoms with Crippen molar-refractivity contribution in [3.05, 3.63) is 29.8 Å². The van der Waals surface area contributed by atoms with Crippen LogP contribution in [0.3, 0.4) is 0 Å². The van der Waals surface area contributed by atoms with Gasteiger partial charge in [-0.15, -0.1) is 0 Å². The molecule has 2 nitrogen and oxygen atoms in total. The maximum Gasteiger partial charge on any atom is 0.124 e. The average molecular weight is 260 g/mol. The fraction of sp³-hybridized carbons (Fsp3) is 0.647. The summed E-state index contributed by atoms with van der Waals surface area (Å²) in [6.45, 7) is 6.68. The molecule has 2 aliphatic rings. The molecule has 2 saturated carbocycles. The number of rotatable bonds is 2. The van der Waals surface area contributed by atoms with Gasteiger partial charge in [-0.05, 0) is 31.2 Å². The molecule has 19 heavy (non-hydrogen) atoms. The molecule has 104 valence electrons. The van der Waals surface area contributed by atoms with Crippen LogP contribution in [0.4, 0.5) is 0 Å². The molecule has 1 N–H and O–H groups in total. The quantitative estimate of drug-likeness (QED) is 0.878. The van der Waals surface area contributed by atoms with Gasteiger partial charge in [0.05, 0.1) is 7.11 Å². The highest BCUT2D eigenvalue weighted by Crippen LogP contribution is 2.72. The van der Waals surface area contributed by atoms with Gasteiger partial charge in [0.1, 0.15) is 11.4 Å². The van der Waals surface area contributed by atoms with E-state index >= 15 is 0 Å². The Labute approximate surface area is 115 Å². The first-order chi connectivity index (χ1) is 8.87. The van der Waals surface area contributed by atoms with Crippen molar-refractivity contribution in [2.45, 2.75) is 45.6 Å². The van der Waals surface area contributed by atoms with Crippen LogP contribution in [-0.2, 0) is 5.60 Å². The summed E-state index contributed by atoms with van der Waals surface area (Å²) in [7, 11) is 1.69. The Morgan fingerprint density at radius 2 is 1.89 bits per heavy atom. The van der Waals surface area contributed by atoms with E-state index in [-0.39, 0.29) is 10.8 Å². The zero-order valence-corrected chi connectivity index (χ0v) is 12.4. The zero-order chi connectivity index (χ0) is 13.9. The predicted molar refractivity (Wildman–Crippen MR) is 76.1 cm³/mol. The molecule has 3 rings (SSSR count). The summed E-state index contributed by atoms with van der Waals surface area (Å²) >= 11 is 0. The van der Waals surface area contributed by atoms with Crippen molar-refractivity contribution in [2.24, 2.45) is 16.7 Å². The third kappa shape index (κ3) is 1.36. The number of ether oxygens (including phenoxy) is 1. The Morgan fingerprint density at radius 3 is 2.47 bits per heavy atom.